The third-order valence-corrected chi connectivity index (χ3v) is 6.46. The van der Waals surface area contributed by atoms with Crippen LogP contribution in [0.1, 0.15) is 28.4 Å². The molecule has 4 aromatic rings. The molecule has 1 aliphatic heterocycles. The number of aryl methyl sites for hydroxylation is 1. The molecule has 7 heteroatoms. The van der Waals surface area contributed by atoms with E-state index >= 15 is 0 Å². The number of methoxy groups -OCH3 is 1. The molecule has 0 spiro atoms. The first kappa shape index (κ1) is 21.3. The number of hydrogen-bond donors (Lipinski definition) is 2. The number of aromatic amines is 1. The molecule has 2 amide bonds. The third-order valence-electron chi connectivity index (χ3n) is 6.15. The van der Waals surface area contributed by atoms with Crippen molar-refractivity contribution in [3.63, 3.8) is 0 Å². The van der Waals surface area contributed by atoms with E-state index in [4.69, 9.17) is 16.3 Å². The quantitative estimate of drug-likeness (QED) is 0.366. The highest BCUT2D eigenvalue weighted by Crippen LogP contribution is 2.40. The fourth-order valence-electron chi connectivity index (χ4n) is 4.51. The van der Waals surface area contributed by atoms with Crippen molar-refractivity contribution in [2.75, 3.05) is 19.0 Å². The van der Waals surface area contributed by atoms with Crippen molar-refractivity contribution in [2.24, 2.45) is 0 Å². The first-order chi connectivity index (χ1) is 15.9. The monoisotopic (exact) mass is 463 g/mol. The molecule has 5 rings (SSSR count). The molecule has 0 saturated heterocycles. The zero-order chi connectivity index (χ0) is 23.1. The fourth-order valence-corrected chi connectivity index (χ4v) is 4.80. The summed E-state index contributed by atoms with van der Waals surface area (Å²) >= 11 is 6.35. The maximum atomic E-state index is 13.7. The van der Waals surface area contributed by atoms with Gasteiger partial charge in [0.2, 0.25) is 0 Å². The van der Waals surface area contributed by atoms with Gasteiger partial charge in [0.1, 0.15) is 11.6 Å². The Labute approximate surface area is 196 Å². The minimum Gasteiger partial charge on any atom is -0.497 e. The van der Waals surface area contributed by atoms with Gasteiger partial charge in [-0.25, -0.2) is 9.18 Å². The maximum absolute atomic E-state index is 13.7. The summed E-state index contributed by atoms with van der Waals surface area (Å²) in [6, 6.07) is 17.0. The number of rotatable bonds is 3. The summed E-state index contributed by atoms with van der Waals surface area (Å²) < 4.78 is 19.1. The molecule has 2 N–H and O–H groups in total. The van der Waals surface area contributed by atoms with E-state index < -0.39 is 6.04 Å². The van der Waals surface area contributed by atoms with Crippen LogP contribution in [0.15, 0.2) is 60.7 Å². The number of carbonyl (C=O) groups excluding carboxylic acids is 1. The molecule has 2 heterocycles. The standard InChI is InChI=1S/C26H23ClFN3O2/c1-15-3-9-23(21(27)13-15)30-26(32)31-12-11-19-20-14-18(33-2)8-10-22(20)29-24(19)25(31)16-4-6-17(28)7-5-16/h3-10,13-14,25,29H,11-12H2,1-2H3,(H,30,32)/t25-/m0/s1. The van der Waals surface area contributed by atoms with E-state index in [1.807, 2.05) is 37.3 Å². The normalized spacial score (nSPS) is 15.4. The molecule has 0 unspecified atom stereocenters. The van der Waals surface area contributed by atoms with Crippen molar-refractivity contribution in [2.45, 2.75) is 19.4 Å². The van der Waals surface area contributed by atoms with E-state index in [-0.39, 0.29) is 11.8 Å². The average molecular weight is 464 g/mol. The number of nitrogens with zero attached hydrogens (tertiary/aromatic N) is 1. The molecule has 0 aliphatic carbocycles. The molecule has 1 aliphatic rings. The van der Waals surface area contributed by atoms with Crippen LogP contribution in [0.5, 0.6) is 5.75 Å². The van der Waals surface area contributed by atoms with Crippen LogP contribution in [0, 0.1) is 12.7 Å². The molecule has 3 aromatic carbocycles. The number of fused-ring (bicyclic) bond motifs is 3. The summed E-state index contributed by atoms with van der Waals surface area (Å²) in [4.78, 5) is 18.7. The second-order valence-electron chi connectivity index (χ2n) is 8.24. The summed E-state index contributed by atoms with van der Waals surface area (Å²) in [6.45, 7) is 2.44. The Balaban J connectivity index is 1.58. The molecule has 0 bridgehead atoms. The first-order valence-electron chi connectivity index (χ1n) is 10.7. The molecule has 0 saturated carbocycles. The largest absolute Gasteiger partial charge is 0.497 e. The van der Waals surface area contributed by atoms with E-state index in [2.05, 4.69) is 10.3 Å². The van der Waals surface area contributed by atoms with Gasteiger partial charge in [-0.1, -0.05) is 29.8 Å². The molecule has 1 atom stereocenters. The van der Waals surface area contributed by atoms with Gasteiger partial charge in [-0.2, -0.15) is 0 Å². The van der Waals surface area contributed by atoms with Gasteiger partial charge in [-0.15, -0.1) is 0 Å². The van der Waals surface area contributed by atoms with E-state index in [1.165, 1.54) is 12.1 Å². The number of halogens is 2. The number of carbonyl (C=O) groups is 1. The van der Waals surface area contributed by atoms with Crippen LogP contribution in [0.2, 0.25) is 5.02 Å². The van der Waals surface area contributed by atoms with Crippen molar-refractivity contribution >= 4 is 34.2 Å². The summed E-state index contributed by atoms with van der Waals surface area (Å²) in [6.07, 6.45) is 0.676. The lowest BCUT2D eigenvalue weighted by Crippen LogP contribution is -2.43. The summed E-state index contributed by atoms with van der Waals surface area (Å²) in [7, 11) is 1.64. The van der Waals surface area contributed by atoms with Crippen LogP contribution < -0.4 is 10.1 Å². The van der Waals surface area contributed by atoms with Gasteiger partial charge in [-0.3, -0.25) is 0 Å². The third kappa shape index (κ3) is 3.91. The number of aromatic nitrogens is 1. The van der Waals surface area contributed by atoms with E-state index in [9.17, 15) is 9.18 Å². The molecule has 168 valence electrons. The Hall–Kier alpha value is -3.51. The Morgan fingerprint density at radius 1 is 1.15 bits per heavy atom. The predicted molar refractivity (Wildman–Crippen MR) is 129 cm³/mol. The smallest absolute Gasteiger partial charge is 0.322 e. The molecular formula is C26H23ClFN3O2. The Morgan fingerprint density at radius 2 is 1.94 bits per heavy atom. The second kappa shape index (κ2) is 8.45. The molecular weight excluding hydrogens is 441 g/mol. The SMILES string of the molecule is COc1ccc2[nH]c3c(c2c1)CCN(C(=O)Nc1ccc(C)cc1Cl)[C@H]3c1ccc(F)cc1. The predicted octanol–water partition coefficient (Wildman–Crippen LogP) is 6.46. The van der Waals surface area contributed by atoms with Crippen molar-refractivity contribution in [3.8, 4) is 5.75 Å². The van der Waals surface area contributed by atoms with Crippen LogP contribution in [-0.2, 0) is 6.42 Å². The van der Waals surface area contributed by atoms with E-state index in [0.717, 1.165) is 39.0 Å². The molecule has 1 aromatic heterocycles. The van der Waals surface area contributed by atoms with Crippen molar-refractivity contribution in [1.29, 1.82) is 0 Å². The van der Waals surface area contributed by atoms with Crippen LogP contribution in [0.4, 0.5) is 14.9 Å². The number of urea groups is 1. The van der Waals surface area contributed by atoms with Crippen LogP contribution >= 0.6 is 11.6 Å². The van der Waals surface area contributed by atoms with Crippen molar-refractivity contribution < 1.29 is 13.9 Å². The Bertz CT molecular complexity index is 1350. The highest BCUT2D eigenvalue weighted by Gasteiger charge is 2.35. The zero-order valence-electron chi connectivity index (χ0n) is 18.3. The number of nitrogens with one attached hydrogen (secondary N) is 2. The summed E-state index contributed by atoms with van der Waals surface area (Å²) in [5, 5.41) is 4.50. The molecule has 0 radical (unpaired) electrons. The van der Waals surface area contributed by atoms with Gasteiger partial charge in [-0.05, 0) is 72.5 Å². The summed E-state index contributed by atoms with van der Waals surface area (Å²) in [5.41, 5.74) is 5.41. The highest BCUT2D eigenvalue weighted by molar-refractivity contribution is 6.33. The van der Waals surface area contributed by atoms with E-state index in [0.29, 0.717) is 23.7 Å². The average Bonchev–Trinajstić information content (AvgIpc) is 3.18. The number of ether oxygens (including phenoxy) is 1. The van der Waals surface area contributed by atoms with Gasteiger partial charge >= 0.3 is 6.03 Å². The van der Waals surface area contributed by atoms with Gasteiger partial charge in [0.25, 0.3) is 0 Å². The van der Waals surface area contributed by atoms with Crippen molar-refractivity contribution in [1.82, 2.24) is 9.88 Å². The number of anilines is 1. The number of H-pyrrole nitrogens is 1. The van der Waals surface area contributed by atoms with Gasteiger partial charge in [0.05, 0.1) is 23.9 Å². The number of amides is 2. The van der Waals surface area contributed by atoms with Crippen molar-refractivity contribution in [3.05, 3.63) is 93.9 Å². The van der Waals surface area contributed by atoms with Crippen LogP contribution in [0.25, 0.3) is 10.9 Å². The van der Waals surface area contributed by atoms with Crippen LogP contribution in [0.3, 0.4) is 0 Å². The number of hydrogen-bond acceptors (Lipinski definition) is 2. The van der Waals surface area contributed by atoms with E-state index in [1.54, 1.807) is 30.2 Å². The molecule has 0 fully saturated rings. The van der Waals surface area contributed by atoms with Crippen LogP contribution in [-0.4, -0.2) is 29.6 Å². The fraction of sp³-hybridized carbons (Fsp3) is 0.192. The first-order valence-corrected chi connectivity index (χ1v) is 11.1. The Morgan fingerprint density at radius 3 is 2.67 bits per heavy atom. The lowest BCUT2D eigenvalue weighted by atomic mass is 9.92. The van der Waals surface area contributed by atoms with Gasteiger partial charge < -0.3 is 19.9 Å². The highest BCUT2D eigenvalue weighted by atomic mass is 35.5. The minimum atomic E-state index is -0.406. The molecule has 33 heavy (non-hydrogen) atoms. The molecule has 5 nitrogen and oxygen atoms in total. The Kier molecular flexibility index (Phi) is 5.46. The lowest BCUT2D eigenvalue weighted by molar-refractivity contribution is 0.193. The lowest BCUT2D eigenvalue weighted by Gasteiger charge is -2.36. The second-order valence-corrected chi connectivity index (χ2v) is 8.65. The van der Waals surface area contributed by atoms with Gasteiger partial charge in [0, 0.05) is 23.1 Å². The zero-order valence-corrected chi connectivity index (χ0v) is 19.0. The topological polar surface area (TPSA) is 57.4 Å². The van der Waals surface area contributed by atoms with Gasteiger partial charge in [0.15, 0.2) is 0 Å². The maximum Gasteiger partial charge on any atom is 0.322 e. The summed E-state index contributed by atoms with van der Waals surface area (Å²) in [5.74, 6) is 0.454. The number of benzene rings is 3. The minimum absolute atomic E-state index is 0.267.